The number of nitrogens with one attached hydrogen (secondary N) is 5. The lowest BCUT2D eigenvalue weighted by Gasteiger charge is -2.47. The first-order valence-electron chi connectivity index (χ1n) is 21.9. The molecule has 12 nitrogen and oxygen atoms in total. The quantitative estimate of drug-likeness (QED) is 0.0663. The van der Waals surface area contributed by atoms with Crippen molar-refractivity contribution < 1.29 is 33.1 Å². The van der Waals surface area contributed by atoms with Crippen molar-refractivity contribution in [2.75, 3.05) is 35.7 Å². The number of rotatable bonds is 13. The summed E-state index contributed by atoms with van der Waals surface area (Å²) < 4.78 is 22.1. The van der Waals surface area contributed by atoms with Gasteiger partial charge in [0.25, 0.3) is 5.91 Å². The fraction of sp³-hybridized carbons (Fsp3) is 0.367. The summed E-state index contributed by atoms with van der Waals surface area (Å²) in [5.41, 5.74) is 3.00. The molecule has 0 bridgehead atoms. The van der Waals surface area contributed by atoms with Crippen molar-refractivity contribution in [1.82, 2.24) is 15.5 Å². The topological polar surface area (TPSA) is 158 Å². The molecule has 1 saturated carbocycles. The van der Waals surface area contributed by atoms with Crippen LogP contribution >= 0.6 is 23.2 Å². The van der Waals surface area contributed by atoms with E-state index in [0.29, 0.717) is 97.2 Å². The van der Waals surface area contributed by atoms with Crippen LogP contribution in [0.2, 0.25) is 10.0 Å². The van der Waals surface area contributed by atoms with Crippen molar-refractivity contribution in [3.63, 3.8) is 0 Å². The number of hydrogen-bond donors (Lipinski definition) is 5. The van der Waals surface area contributed by atoms with E-state index >= 15 is 4.39 Å². The maximum atomic E-state index is 16.2. The van der Waals surface area contributed by atoms with Gasteiger partial charge in [-0.15, -0.1) is 0 Å². The minimum absolute atomic E-state index is 0.0780. The predicted molar refractivity (Wildman–Crippen MR) is 243 cm³/mol. The largest absolute Gasteiger partial charge is 0.382 e. The van der Waals surface area contributed by atoms with Crippen LogP contribution in [-0.2, 0) is 31.1 Å². The van der Waals surface area contributed by atoms with Gasteiger partial charge in [0.15, 0.2) is 5.78 Å². The number of nitrogens with zero attached hydrogens (tertiary/aromatic N) is 1. The van der Waals surface area contributed by atoms with Gasteiger partial charge in [0.2, 0.25) is 17.7 Å². The number of fused-ring (bicyclic) bond motifs is 4. The van der Waals surface area contributed by atoms with E-state index in [1.807, 2.05) is 18.2 Å². The lowest BCUT2D eigenvalue weighted by atomic mass is 9.55. The first kappa shape index (κ1) is 43.6. The molecule has 4 aliphatic heterocycles. The van der Waals surface area contributed by atoms with E-state index in [4.69, 9.17) is 27.9 Å². The Morgan fingerprint density at radius 2 is 1.72 bits per heavy atom. The Balaban J connectivity index is 0.813. The van der Waals surface area contributed by atoms with Gasteiger partial charge < -0.3 is 30.9 Å². The second kappa shape index (κ2) is 17.8. The number of ether oxygens (including phenoxy) is 1. The number of ketones is 1. The number of Topliss-reactive ketones (excluding diaryl/α,β-unsaturated/α-hetero) is 1. The van der Waals surface area contributed by atoms with E-state index in [-0.39, 0.29) is 40.5 Å². The highest BCUT2D eigenvalue weighted by atomic mass is 35.5. The number of carbonyl (C=O) groups excluding carboxylic acids is 5. The third-order valence-corrected chi connectivity index (χ3v) is 14.3. The molecule has 0 aromatic heterocycles. The van der Waals surface area contributed by atoms with Crippen LogP contribution in [0.15, 0.2) is 91.1 Å². The molecule has 2 spiro atoms. The van der Waals surface area contributed by atoms with Crippen LogP contribution < -0.4 is 26.6 Å². The highest BCUT2D eigenvalue weighted by Crippen LogP contribution is 2.63. The summed E-state index contributed by atoms with van der Waals surface area (Å²) in [5, 5.41) is 16.1. The van der Waals surface area contributed by atoms with Crippen LogP contribution in [0.4, 0.5) is 21.5 Å². The Morgan fingerprint density at radius 1 is 0.938 bits per heavy atom. The monoisotopic (exact) mass is 906 g/mol. The normalized spacial score (nSPS) is 23.2. The Hall–Kier alpha value is -5.60. The van der Waals surface area contributed by atoms with Crippen LogP contribution in [0, 0.1) is 5.82 Å². The van der Waals surface area contributed by atoms with Crippen molar-refractivity contribution in [1.29, 1.82) is 0 Å². The van der Waals surface area contributed by atoms with Gasteiger partial charge >= 0.3 is 0 Å². The average molecular weight is 908 g/mol. The number of piperidine rings is 1. The van der Waals surface area contributed by atoms with E-state index in [2.05, 4.69) is 33.2 Å². The van der Waals surface area contributed by atoms with Crippen molar-refractivity contribution in [3.05, 3.63) is 135 Å². The highest BCUT2D eigenvalue weighted by molar-refractivity contribution is 6.31. The lowest BCUT2D eigenvalue weighted by molar-refractivity contribution is -0.126. The number of hydrogen-bond acceptors (Lipinski definition) is 8. The van der Waals surface area contributed by atoms with Gasteiger partial charge in [-0.2, -0.15) is 0 Å². The van der Waals surface area contributed by atoms with E-state index in [1.54, 1.807) is 59.5 Å². The molecule has 3 fully saturated rings. The molecule has 5 aliphatic rings. The van der Waals surface area contributed by atoms with Crippen LogP contribution in [0.3, 0.4) is 0 Å². The summed E-state index contributed by atoms with van der Waals surface area (Å²) >= 11 is 12.8. The summed E-state index contributed by atoms with van der Waals surface area (Å²) in [7, 11) is 0. The maximum Gasteiger partial charge on any atom is 0.255 e. The molecule has 0 radical (unpaired) electrons. The molecule has 4 heterocycles. The summed E-state index contributed by atoms with van der Waals surface area (Å²) in [4.78, 5) is 69.8. The molecule has 15 heteroatoms. The fourth-order valence-corrected chi connectivity index (χ4v) is 11.2. The highest BCUT2D eigenvalue weighted by Gasteiger charge is 2.72. The van der Waals surface area contributed by atoms with E-state index in [9.17, 15) is 24.0 Å². The van der Waals surface area contributed by atoms with Crippen molar-refractivity contribution in [2.24, 2.45) is 0 Å². The molecule has 64 heavy (non-hydrogen) atoms. The zero-order valence-corrected chi connectivity index (χ0v) is 36.7. The van der Waals surface area contributed by atoms with Gasteiger partial charge in [0.1, 0.15) is 17.3 Å². The third-order valence-electron chi connectivity index (χ3n) is 13.7. The lowest BCUT2D eigenvalue weighted by Crippen LogP contribution is -2.60. The Kier molecular flexibility index (Phi) is 12.1. The second-order valence-corrected chi connectivity index (χ2v) is 18.2. The summed E-state index contributed by atoms with van der Waals surface area (Å²) in [5.74, 6) is -2.85. The zero-order chi connectivity index (χ0) is 44.8. The Bertz CT molecular complexity index is 2560. The maximum absolute atomic E-state index is 16.2. The molecule has 2 saturated heterocycles. The molecule has 4 amide bonds. The SMILES string of the molecule is C=C1CCC(N2Cc3c(NCCOCCCC(=O)c4ccc(NC(=O)[C@@H]5NC6(CCCCC6)[C@@]6(C(=O)Nc7cc(Cl)ccc76)[C@H]5c5cccc(Cl)c5F)cc4)cccc3C2=O)C(=O)N1. The zero-order valence-electron chi connectivity index (χ0n) is 35.2. The predicted octanol–water partition coefficient (Wildman–Crippen LogP) is 8.26. The van der Waals surface area contributed by atoms with Gasteiger partial charge in [-0.25, -0.2) is 4.39 Å². The van der Waals surface area contributed by atoms with E-state index < -0.39 is 40.7 Å². The molecule has 1 unspecified atom stereocenters. The molecular formula is C49H49Cl2FN6O6. The minimum Gasteiger partial charge on any atom is -0.382 e. The third kappa shape index (κ3) is 7.65. The number of halogens is 3. The molecule has 5 N–H and O–H groups in total. The van der Waals surface area contributed by atoms with Gasteiger partial charge in [0, 0.05) is 82.0 Å². The van der Waals surface area contributed by atoms with E-state index in [0.717, 1.165) is 30.5 Å². The fourth-order valence-electron chi connectivity index (χ4n) is 10.8. The molecule has 9 rings (SSSR count). The number of carbonyl (C=O) groups is 5. The molecular weight excluding hydrogens is 858 g/mol. The van der Waals surface area contributed by atoms with Crippen LogP contribution in [-0.4, -0.2) is 71.7 Å². The first-order chi connectivity index (χ1) is 30.9. The van der Waals surface area contributed by atoms with Gasteiger partial charge in [-0.3, -0.25) is 29.3 Å². The summed E-state index contributed by atoms with van der Waals surface area (Å²) in [6, 6.07) is 20.5. The van der Waals surface area contributed by atoms with Gasteiger partial charge in [-0.1, -0.05) is 73.3 Å². The smallest absolute Gasteiger partial charge is 0.255 e. The van der Waals surface area contributed by atoms with Gasteiger partial charge in [0.05, 0.1) is 17.7 Å². The molecule has 4 atom stereocenters. The number of benzene rings is 4. The van der Waals surface area contributed by atoms with Crippen LogP contribution in [0.1, 0.15) is 101 Å². The summed E-state index contributed by atoms with van der Waals surface area (Å²) in [6.45, 7) is 5.40. The molecule has 1 aliphatic carbocycles. The van der Waals surface area contributed by atoms with Crippen molar-refractivity contribution in [2.45, 2.75) is 93.3 Å². The number of amides is 4. The van der Waals surface area contributed by atoms with Crippen molar-refractivity contribution >= 4 is 69.7 Å². The van der Waals surface area contributed by atoms with Crippen molar-refractivity contribution in [3.8, 4) is 0 Å². The number of anilines is 3. The number of allylic oxidation sites excluding steroid dienone is 1. The van der Waals surface area contributed by atoms with E-state index in [1.165, 1.54) is 6.07 Å². The van der Waals surface area contributed by atoms with Crippen LogP contribution in [0.5, 0.6) is 0 Å². The molecule has 4 aromatic rings. The van der Waals surface area contributed by atoms with Crippen LogP contribution in [0.25, 0.3) is 0 Å². The summed E-state index contributed by atoms with van der Waals surface area (Å²) in [6.07, 6.45) is 5.74. The Morgan fingerprint density at radius 3 is 2.50 bits per heavy atom. The first-order valence-corrected chi connectivity index (χ1v) is 22.7. The molecule has 4 aromatic carbocycles. The molecule has 332 valence electrons. The minimum atomic E-state index is -1.35. The average Bonchev–Trinajstić information content (AvgIpc) is 3.88. The Labute approximate surface area is 380 Å². The van der Waals surface area contributed by atoms with Gasteiger partial charge in [-0.05, 0) is 97.8 Å². The standard InChI is InChI=1S/C49H49Cl2FN6O6/c1-28-13-20-39(44(60)54-28)58-27-34-32(46(58)62)8-6-11-37(34)53-23-25-64-24-7-12-40(59)29-14-17-31(18-15-29)55-45(61)43-41(33-9-5-10-36(51)42(33)52)49(48(57-43)21-3-2-4-22-48)35-19-16-30(50)26-38(35)56-47(49)63/h5-6,8-11,14-19,26,39,41,43,53,57H,1-4,7,12-13,20-25,27H2,(H,54,60)(H,55,61)(H,56,63)/t39?,41-,43+,49+/m0/s1. The second-order valence-electron chi connectivity index (χ2n) is 17.4.